The Morgan fingerprint density at radius 3 is 2.33 bits per heavy atom. The number of hydrogen-bond acceptors (Lipinski definition) is 3. The largest absolute Gasteiger partial charge is 0.493 e. The summed E-state index contributed by atoms with van der Waals surface area (Å²) >= 11 is 0. The molecular weight excluding hydrogens is 214 g/mol. The Hall–Kier alpha value is -0.670. The zero-order valence-corrected chi connectivity index (χ0v) is 9.97. The van der Waals surface area contributed by atoms with Gasteiger partial charge in [-0.3, -0.25) is 0 Å². The lowest BCUT2D eigenvalue weighted by Gasteiger charge is -2.32. The van der Waals surface area contributed by atoms with Crippen molar-refractivity contribution in [3.63, 3.8) is 0 Å². The number of ether oxygens (including phenoxy) is 2. The van der Waals surface area contributed by atoms with Crippen molar-refractivity contribution in [1.29, 1.82) is 0 Å². The van der Waals surface area contributed by atoms with E-state index < -0.39 is 0 Å². The summed E-state index contributed by atoms with van der Waals surface area (Å²) in [7, 11) is 3.38. The molecule has 0 saturated carbocycles. The molecule has 2 aliphatic rings. The molecule has 15 heavy (non-hydrogen) atoms. The first-order valence-electron chi connectivity index (χ1n) is 5.08. The smallest absolute Gasteiger partial charge is 0.156 e. The molecule has 0 aromatic carbocycles. The Balaban J connectivity index is 0.00000112. The quantitative estimate of drug-likeness (QED) is 0.785. The lowest BCUT2D eigenvalue weighted by molar-refractivity contribution is 0.199. The van der Waals surface area contributed by atoms with Gasteiger partial charge in [0.1, 0.15) is 0 Å². The number of fused-ring (bicyclic) bond motifs is 1. The van der Waals surface area contributed by atoms with Crippen LogP contribution >= 0.6 is 12.4 Å². The van der Waals surface area contributed by atoms with Gasteiger partial charge in [0, 0.05) is 6.54 Å². The Morgan fingerprint density at radius 2 is 1.73 bits per heavy atom. The molecular formula is C11H18ClNO2. The third-order valence-electron chi connectivity index (χ3n) is 3.00. The van der Waals surface area contributed by atoms with E-state index in [1.165, 1.54) is 6.42 Å². The lowest BCUT2D eigenvalue weighted by atomic mass is 9.82. The molecule has 4 heteroatoms. The molecule has 1 N–H and O–H groups in total. The van der Waals surface area contributed by atoms with Gasteiger partial charge in [0.05, 0.1) is 14.2 Å². The Kier molecular flexibility index (Phi) is 4.48. The summed E-state index contributed by atoms with van der Waals surface area (Å²) in [5.41, 5.74) is 0. The molecule has 2 rings (SSSR count). The molecule has 2 unspecified atom stereocenters. The van der Waals surface area contributed by atoms with Gasteiger partial charge in [-0.05, 0) is 37.0 Å². The van der Waals surface area contributed by atoms with E-state index in [1.807, 2.05) is 0 Å². The number of nitrogens with one attached hydrogen (secondary N) is 1. The van der Waals surface area contributed by atoms with Crippen molar-refractivity contribution < 1.29 is 9.47 Å². The molecule has 2 atom stereocenters. The van der Waals surface area contributed by atoms with Crippen molar-refractivity contribution in [2.45, 2.75) is 6.42 Å². The molecule has 0 bridgehead atoms. The van der Waals surface area contributed by atoms with Crippen LogP contribution in [0.5, 0.6) is 0 Å². The van der Waals surface area contributed by atoms with Gasteiger partial charge >= 0.3 is 0 Å². The fourth-order valence-corrected chi connectivity index (χ4v) is 2.18. The topological polar surface area (TPSA) is 30.5 Å². The number of halogens is 1. The lowest BCUT2D eigenvalue weighted by Crippen LogP contribution is -2.36. The van der Waals surface area contributed by atoms with Crippen LogP contribution < -0.4 is 5.32 Å². The van der Waals surface area contributed by atoms with Gasteiger partial charge in [-0.25, -0.2) is 0 Å². The monoisotopic (exact) mass is 231 g/mol. The van der Waals surface area contributed by atoms with Crippen molar-refractivity contribution in [2.75, 3.05) is 27.3 Å². The average Bonchev–Trinajstić information content (AvgIpc) is 2.27. The third-order valence-corrected chi connectivity index (χ3v) is 3.00. The van der Waals surface area contributed by atoms with Crippen LogP contribution in [-0.4, -0.2) is 27.3 Å². The van der Waals surface area contributed by atoms with Crippen LogP contribution in [0.25, 0.3) is 0 Å². The highest BCUT2D eigenvalue weighted by Crippen LogP contribution is 2.31. The van der Waals surface area contributed by atoms with Gasteiger partial charge in [0.15, 0.2) is 11.5 Å². The van der Waals surface area contributed by atoms with Crippen molar-refractivity contribution in [1.82, 2.24) is 5.32 Å². The summed E-state index contributed by atoms with van der Waals surface area (Å²) in [5.74, 6) is 2.94. The van der Waals surface area contributed by atoms with Gasteiger partial charge in [0.25, 0.3) is 0 Å². The van der Waals surface area contributed by atoms with Gasteiger partial charge < -0.3 is 14.8 Å². The Bertz CT molecular complexity index is 248. The van der Waals surface area contributed by atoms with E-state index in [1.54, 1.807) is 14.2 Å². The highest BCUT2D eigenvalue weighted by molar-refractivity contribution is 5.85. The second-order valence-electron chi connectivity index (χ2n) is 3.79. The molecule has 1 heterocycles. The SMILES string of the molecule is COC1=CC2CCNCC2C=C1OC.Cl. The molecule has 0 radical (unpaired) electrons. The Labute approximate surface area is 96.9 Å². The fraction of sp³-hybridized carbons (Fsp3) is 0.636. The zero-order valence-electron chi connectivity index (χ0n) is 9.16. The maximum atomic E-state index is 5.29. The first kappa shape index (κ1) is 12.4. The maximum absolute atomic E-state index is 5.29. The number of methoxy groups -OCH3 is 2. The average molecular weight is 232 g/mol. The minimum Gasteiger partial charge on any atom is -0.493 e. The molecule has 1 fully saturated rings. The fourth-order valence-electron chi connectivity index (χ4n) is 2.18. The van der Waals surface area contributed by atoms with Crippen LogP contribution in [0, 0.1) is 11.8 Å². The normalized spacial score (nSPS) is 29.2. The van der Waals surface area contributed by atoms with Gasteiger partial charge in [-0.1, -0.05) is 0 Å². The molecule has 1 aliphatic heterocycles. The summed E-state index contributed by atoms with van der Waals surface area (Å²) in [4.78, 5) is 0. The molecule has 86 valence electrons. The maximum Gasteiger partial charge on any atom is 0.156 e. The minimum absolute atomic E-state index is 0. The molecule has 1 saturated heterocycles. The second-order valence-corrected chi connectivity index (χ2v) is 3.79. The summed E-state index contributed by atoms with van der Waals surface area (Å²) in [6.07, 6.45) is 5.56. The summed E-state index contributed by atoms with van der Waals surface area (Å²) < 4.78 is 10.6. The highest BCUT2D eigenvalue weighted by atomic mass is 35.5. The van der Waals surface area contributed by atoms with Crippen molar-refractivity contribution in [2.24, 2.45) is 11.8 Å². The van der Waals surface area contributed by atoms with Crippen LogP contribution in [0.4, 0.5) is 0 Å². The standard InChI is InChI=1S/C11H17NO2.ClH/c1-13-10-5-8-3-4-12-7-9(8)6-11(10)14-2;/h5-6,8-9,12H,3-4,7H2,1-2H3;1H. The summed E-state index contributed by atoms with van der Waals surface area (Å²) in [6, 6.07) is 0. The van der Waals surface area contributed by atoms with E-state index in [0.29, 0.717) is 11.8 Å². The first-order chi connectivity index (χ1) is 6.85. The van der Waals surface area contributed by atoms with E-state index in [-0.39, 0.29) is 12.4 Å². The predicted octanol–water partition coefficient (Wildman–Crippen LogP) is 1.71. The minimum atomic E-state index is 0. The van der Waals surface area contributed by atoms with E-state index >= 15 is 0 Å². The zero-order chi connectivity index (χ0) is 9.97. The molecule has 0 amide bonds. The van der Waals surface area contributed by atoms with Gasteiger partial charge in [-0.15, -0.1) is 12.4 Å². The molecule has 0 aromatic heterocycles. The van der Waals surface area contributed by atoms with Gasteiger partial charge in [0.2, 0.25) is 0 Å². The van der Waals surface area contributed by atoms with Crippen LogP contribution in [0.15, 0.2) is 23.7 Å². The van der Waals surface area contributed by atoms with Crippen LogP contribution in [0.2, 0.25) is 0 Å². The molecule has 1 aliphatic carbocycles. The number of rotatable bonds is 2. The first-order valence-corrected chi connectivity index (χ1v) is 5.08. The Morgan fingerprint density at radius 1 is 1.13 bits per heavy atom. The number of allylic oxidation sites excluding steroid dienone is 1. The van der Waals surface area contributed by atoms with Crippen molar-refractivity contribution >= 4 is 12.4 Å². The van der Waals surface area contributed by atoms with E-state index in [2.05, 4.69) is 17.5 Å². The van der Waals surface area contributed by atoms with Crippen LogP contribution in [0.3, 0.4) is 0 Å². The molecule has 0 spiro atoms. The van der Waals surface area contributed by atoms with Crippen molar-refractivity contribution in [3.05, 3.63) is 23.7 Å². The van der Waals surface area contributed by atoms with Crippen molar-refractivity contribution in [3.8, 4) is 0 Å². The van der Waals surface area contributed by atoms with Crippen LogP contribution in [0.1, 0.15) is 6.42 Å². The van der Waals surface area contributed by atoms with Gasteiger partial charge in [-0.2, -0.15) is 0 Å². The second kappa shape index (κ2) is 5.42. The van der Waals surface area contributed by atoms with Crippen LogP contribution in [-0.2, 0) is 9.47 Å². The summed E-state index contributed by atoms with van der Waals surface area (Å²) in [6.45, 7) is 2.15. The molecule has 3 nitrogen and oxygen atoms in total. The number of piperidine rings is 1. The predicted molar refractivity (Wildman–Crippen MR) is 61.9 cm³/mol. The van der Waals surface area contributed by atoms with E-state index in [9.17, 15) is 0 Å². The van der Waals surface area contributed by atoms with E-state index in [0.717, 1.165) is 24.6 Å². The third kappa shape index (κ3) is 2.47. The highest BCUT2D eigenvalue weighted by Gasteiger charge is 2.28. The molecule has 0 aromatic rings. The van der Waals surface area contributed by atoms with E-state index in [4.69, 9.17) is 9.47 Å². The number of hydrogen-bond donors (Lipinski definition) is 1. The summed E-state index contributed by atoms with van der Waals surface area (Å²) in [5, 5.41) is 3.39.